The maximum atomic E-state index is 2.52. The van der Waals surface area contributed by atoms with E-state index in [1.54, 1.807) is 0 Å². The zero-order valence-electron chi connectivity index (χ0n) is 36.2. The normalized spacial score (nSPS) is 11.6. The highest BCUT2D eigenvalue weighted by molar-refractivity contribution is 6.65. The summed E-state index contributed by atoms with van der Waals surface area (Å²) in [6.45, 7) is 0. The minimum atomic E-state index is 1.17. The smallest absolute Gasteiger partial charge is 0.141 e. The Bertz CT molecular complexity index is 3580. The lowest BCUT2D eigenvalue weighted by molar-refractivity contribution is 1.19. The van der Waals surface area contributed by atoms with Crippen LogP contribution < -0.4 is 32.8 Å². The first-order valence-electron chi connectivity index (χ1n) is 21.8. The molecule has 0 saturated carbocycles. The molecule has 2 heterocycles. The van der Waals surface area contributed by atoms with E-state index in [4.69, 9.17) is 0 Å². The molecule has 0 aliphatic heterocycles. The lowest BCUT2D eigenvalue weighted by Gasteiger charge is -2.24. The Morgan fingerprint density at radius 2 is 0.661 bits per heavy atom. The van der Waals surface area contributed by atoms with Gasteiger partial charge < -0.3 is 9.13 Å². The van der Waals surface area contributed by atoms with E-state index in [1.807, 2.05) is 0 Å². The van der Waals surface area contributed by atoms with E-state index in [0.29, 0.717) is 0 Å². The molecule has 0 N–H and O–H groups in total. The minimum Gasteiger partial charge on any atom is -0.310 e. The van der Waals surface area contributed by atoms with Crippen molar-refractivity contribution in [2.45, 2.75) is 0 Å². The first-order valence-corrected chi connectivity index (χ1v) is 21.8. The van der Waals surface area contributed by atoms with Crippen LogP contribution in [0.15, 0.2) is 182 Å². The van der Waals surface area contributed by atoms with Gasteiger partial charge in [-0.1, -0.05) is 172 Å². The van der Waals surface area contributed by atoms with Crippen LogP contribution in [0.5, 0.6) is 0 Å². The molecule has 0 atom stereocenters. The van der Waals surface area contributed by atoms with Crippen molar-refractivity contribution in [3.05, 3.63) is 182 Å². The number of benzene rings is 9. The van der Waals surface area contributed by atoms with E-state index in [9.17, 15) is 0 Å². The van der Waals surface area contributed by atoms with Crippen molar-refractivity contribution in [2.75, 3.05) is 0 Å². The van der Waals surface area contributed by atoms with E-state index in [-0.39, 0.29) is 0 Å². The van der Waals surface area contributed by atoms with Gasteiger partial charge in [0.2, 0.25) is 0 Å². The van der Waals surface area contributed by atoms with Crippen LogP contribution in [0.3, 0.4) is 0 Å². The largest absolute Gasteiger partial charge is 0.310 e. The molecule has 0 saturated heterocycles. The molecule has 0 spiro atoms. The molecular formula is C54H42B6N2. The van der Waals surface area contributed by atoms with Crippen LogP contribution in [-0.2, 0) is 0 Å². The third-order valence-corrected chi connectivity index (χ3v) is 13.7. The van der Waals surface area contributed by atoms with Crippen LogP contribution in [0.25, 0.3) is 99.5 Å². The van der Waals surface area contributed by atoms with Crippen LogP contribution in [0.4, 0.5) is 0 Å². The second-order valence-electron chi connectivity index (χ2n) is 17.1. The van der Waals surface area contributed by atoms with Gasteiger partial charge in [-0.15, -0.1) is 0 Å². The second kappa shape index (κ2) is 14.9. The molecule has 62 heavy (non-hydrogen) atoms. The fourth-order valence-electron chi connectivity index (χ4n) is 10.6. The van der Waals surface area contributed by atoms with Crippen molar-refractivity contribution < 1.29 is 0 Å². The average molecular weight is 784 g/mol. The Balaban J connectivity index is 1.21. The summed E-state index contributed by atoms with van der Waals surface area (Å²) in [5.41, 5.74) is 25.3. The van der Waals surface area contributed by atoms with Crippen molar-refractivity contribution in [1.82, 2.24) is 9.13 Å². The molecule has 0 fully saturated rings. The first-order chi connectivity index (χ1) is 30.3. The van der Waals surface area contributed by atoms with Gasteiger partial charge in [0.25, 0.3) is 0 Å². The summed E-state index contributed by atoms with van der Waals surface area (Å²) in [5, 5.41) is 5.20. The van der Waals surface area contributed by atoms with Gasteiger partial charge in [-0.2, -0.15) is 0 Å². The van der Waals surface area contributed by atoms with Gasteiger partial charge in [0.15, 0.2) is 0 Å². The number of hydrogen-bond acceptors (Lipinski definition) is 0. The fraction of sp³-hybridized carbons (Fsp3) is 0. The molecule has 8 heteroatoms. The maximum absolute atomic E-state index is 2.52. The van der Waals surface area contributed by atoms with Gasteiger partial charge in [-0.25, -0.2) is 0 Å². The van der Waals surface area contributed by atoms with Crippen molar-refractivity contribution in [3.8, 4) is 55.9 Å². The van der Waals surface area contributed by atoms with E-state index in [2.05, 4.69) is 238 Å². The molecule has 11 aromatic rings. The third-order valence-electron chi connectivity index (χ3n) is 13.7. The van der Waals surface area contributed by atoms with Gasteiger partial charge in [0.05, 0.1) is 11.0 Å². The highest BCUT2D eigenvalue weighted by Gasteiger charge is 2.26. The Hall–Kier alpha value is -7.03. The number of aromatic nitrogens is 2. The zero-order chi connectivity index (χ0) is 42.2. The summed E-state index contributed by atoms with van der Waals surface area (Å²) >= 11 is 0. The van der Waals surface area contributed by atoms with Gasteiger partial charge in [0, 0.05) is 44.0 Å². The van der Waals surface area contributed by atoms with Gasteiger partial charge in [-0.3, -0.25) is 0 Å². The predicted molar refractivity (Wildman–Crippen MR) is 286 cm³/mol. The van der Waals surface area contributed by atoms with Crippen LogP contribution in [0.1, 0.15) is 0 Å². The number of nitrogens with zero attached hydrogens (tertiary/aromatic N) is 2. The summed E-state index contributed by atoms with van der Waals surface area (Å²) in [6, 6.07) is 66.4. The highest BCUT2D eigenvalue weighted by atomic mass is 15.0. The SMILES string of the molecule is Bc1c(-c2c(B)c(B)c3c(c2B)c2cc(-c4ccccc4)ccc2n3-c2cccc(-c3ccccc3)c2)c(B)c2c3ccccc3n(-c3cccc(-c4ccccc4)c3)c2c1B. The molecule has 2 nitrogen and oxygen atoms in total. The van der Waals surface area contributed by atoms with Crippen LogP contribution in [-0.4, -0.2) is 56.2 Å². The number of rotatable bonds is 6. The molecule has 286 valence electrons. The number of para-hydroxylation sites is 1. The Morgan fingerprint density at radius 3 is 1.15 bits per heavy atom. The van der Waals surface area contributed by atoms with Crippen LogP contribution in [0, 0.1) is 0 Å². The topological polar surface area (TPSA) is 9.86 Å². The van der Waals surface area contributed by atoms with Gasteiger partial charge >= 0.3 is 0 Å². The lowest BCUT2D eigenvalue weighted by Crippen LogP contribution is -2.41. The van der Waals surface area contributed by atoms with Crippen LogP contribution >= 0.6 is 0 Å². The predicted octanol–water partition coefficient (Wildman–Crippen LogP) is 4.10. The molecule has 9 aromatic carbocycles. The van der Waals surface area contributed by atoms with Crippen molar-refractivity contribution in [2.24, 2.45) is 0 Å². The number of fused-ring (bicyclic) bond motifs is 6. The van der Waals surface area contributed by atoms with E-state index < -0.39 is 0 Å². The molecule has 0 radical (unpaired) electrons. The number of hydrogen-bond donors (Lipinski definition) is 0. The summed E-state index contributed by atoms with van der Waals surface area (Å²) < 4.78 is 5.03. The van der Waals surface area contributed by atoms with Gasteiger partial charge in [0.1, 0.15) is 47.1 Å². The van der Waals surface area contributed by atoms with E-state index >= 15 is 0 Å². The van der Waals surface area contributed by atoms with E-state index in [0.717, 1.165) is 0 Å². The summed E-state index contributed by atoms with van der Waals surface area (Å²) in [4.78, 5) is 0. The van der Waals surface area contributed by atoms with Crippen molar-refractivity contribution >= 4 is 123 Å². The summed E-state index contributed by atoms with van der Waals surface area (Å²) in [5.74, 6) is 0. The first kappa shape index (κ1) is 37.9. The Labute approximate surface area is 368 Å². The second-order valence-corrected chi connectivity index (χ2v) is 17.1. The fourth-order valence-corrected chi connectivity index (χ4v) is 10.6. The Morgan fingerprint density at radius 1 is 0.274 bits per heavy atom. The molecule has 0 unspecified atom stereocenters. The van der Waals surface area contributed by atoms with E-state index in [1.165, 1.54) is 132 Å². The molecule has 0 aliphatic rings. The molecule has 2 aromatic heterocycles. The Kier molecular flexibility index (Phi) is 9.09. The maximum Gasteiger partial charge on any atom is 0.141 e. The zero-order valence-corrected chi connectivity index (χ0v) is 36.2. The van der Waals surface area contributed by atoms with Crippen LogP contribution in [0.2, 0.25) is 0 Å². The minimum absolute atomic E-state index is 1.17. The molecule has 0 aliphatic carbocycles. The van der Waals surface area contributed by atoms with Crippen molar-refractivity contribution in [1.29, 1.82) is 0 Å². The van der Waals surface area contributed by atoms with Gasteiger partial charge in [-0.05, 0) is 87.0 Å². The lowest BCUT2D eigenvalue weighted by atomic mass is 9.63. The molecule has 0 amide bonds. The summed E-state index contributed by atoms with van der Waals surface area (Å²) in [6.07, 6.45) is 0. The average Bonchev–Trinajstić information content (AvgIpc) is 3.86. The standard InChI is InChI=1S/C54H42B6N2/c55-47-43-39-24-10-11-25-41(39)61(37-22-12-20-34(28-37)31-14-4-1-5-15-31)53(43)51(59)49(57)45(47)46-48(56)44-40-30-36(33-18-8-3-9-19-33)26-27-42(40)62(54(44)52(60)50(46)58)38-23-13-21-35(29-38)32-16-6-2-7-17-32/h1-30H,55-60H2. The third kappa shape index (κ3) is 5.81. The molecule has 0 bridgehead atoms. The molecule has 11 rings (SSSR count). The summed E-state index contributed by atoms with van der Waals surface area (Å²) in [7, 11) is 14.1. The quantitative estimate of drug-likeness (QED) is 0.225. The molecular weight excluding hydrogens is 741 g/mol. The highest BCUT2D eigenvalue weighted by Crippen LogP contribution is 2.37. The van der Waals surface area contributed by atoms with Crippen molar-refractivity contribution in [3.63, 3.8) is 0 Å². The monoisotopic (exact) mass is 784 g/mol.